The molecular weight excluding hydrogens is 434 g/mol. The van der Waals surface area contributed by atoms with Crippen LogP contribution in [0.15, 0.2) is 72.7 Å². The van der Waals surface area contributed by atoms with Crippen molar-refractivity contribution in [2.45, 2.75) is 38.9 Å². The molecule has 1 fully saturated rings. The van der Waals surface area contributed by atoms with Gasteiger partial charge in [0.2, 0.25) is 6.79 Å². The Morgan fingerprint density at radius 1 is 1.09 bits per heavy atom. The van der Waals surface area contributed by atoms with Crippen LogP contribution in [-0.4, -0.2) is 52.4 Å². The van der Waals surface area contributed by atoms with E-state index >= 15 is 0 Å². The molecule has 180 valence electrons. The number of amides is 3. The molecule has 0 aliphatic carbocycles. The number of carbonyl (C=O) groups excluding carboxylic acids is 2. The summed E-state index contributed by atoms with van der Waals surface area (Å²) in [5.74, 6) is -0.407. The van der Waals surface area contributed by atoms with E-state index in [0.717, 1.165) is 11.1 Å². The van der Waals surface area contributed by atoms with Crippen LogP contribution in [-0.2, 0) is 27.2 Å². The Balaban J connectivity index is 1.72. The summed E-state index contributed by atoms with van der Waals surface area (Å²) in [4.78, 5) is 29.9. The third-order valence-corrected chi connectivity index (χ3v) is 6.40. The van der Waals surface area contributed by atoms with E-state index in [9.17, 15) is 14.8 Å². The Bertz CT molecular complexity index is 1010. The van der Waals surface area contributed by atoms with Crippen molar-refractivity contribution in [3.05, 3.63) is 83.8 Å². The first-order valence-electron chi connectivity index (χ1n) is 11.5. The molecule has 2 aromatic carbocycles. The zero-order valence-electron chi connectivity index (χ0n) is 19.5. The summed E-state index contributed by atoms with van der Waals surface area (Å²) in [6.45, 7) is 4.69. The molecule has 34 heavy (non-hydrogen) atoms. The number of hydrogen-bond donors (Lipinski definition) is 2. The second kappa shape index (κ2) is 10.6. The van der Waals surface area contributed by atoms with Gasteiger partial charge in [0.15, 0.2) is 0 Å². The molecule has 0 saturated carbocycles. The van der Waals surface area contributed by atoms with Crippen LogP contribution < -0.4 is 5.48 Å². The smallest absolute Gasteiger partial charge is 0.321 e. The molecule has 3 unspecified atom stereocenters. The van der Waals surface area contributed by atoms with Crippen molar-refractivity contribution >= 4 is 11.9 Å². The molecule has 2 aromatic rings. The second-order valence-electron chi connectivity index (χ2n) is 9.03. The molecule has 0 radical (unpaired) electrons. The molecule has 1 saturated heterocycles. The van der Waals surface area contributed by atoms with E-state index in [0.29, 0.717) is 25.3 Å². The summed E-state index contributed by atoms with van der Waals surface area (Å²) in [5.41, 5.74) is 3.86. The normalized spacial score (nSPS) is 19.5. The fraction of sp³-hybridized carbons (Fsp3) is 0.385. The van der Waals surface area contributed by atoms with Crippen molar-refractivity contribution in [3.8, 4) is 0 Å². The van der Waals surface area contributed by atoms with E-state index in [4.69, 9.17) is 9.47 Å². The highest BCUT2D eigenvalue weighted by Crippen LogP contribution is 2.35. The monoisotopic (exact) mass is 465 g/mol. The van der Waals surface area contributed by atoms with E-state index in [2.05, 4.69) is 0 Å². The van der Waals surface area contributed by atoms with Crippen molar-refractivity contribution in [2.24, 2.45) is 11.8 Å². The summed E-state index contributed by atoms with van der Waals surface area (Å²) >= 11 is 0. The number of rotatable bonds is 9. The van der Waals surface area contributed by atoms with Crippen LogP contribution in [0.4, 0.5) is 4.79 Å². The van der Waals surface area contributed by atoms with E-state index in [1.54, 1.807) is 21.5 Å². The van der Waals surface area contributed by atoms with Gasteiger partial charge >= 0.3 is 6.03 Å². The van der Waals surface area contributed by atoms with Gasteiger partial charge in [-0.3, -0.25) is 10.0 Å². The zero-order chi connectivity index (χ0) is 24.1. The molecule has 8 nitrogen and oxygen atoms in total. The number of hydroxylamine groups is 1. The van der Waals surface area contributed by atoms with Gasteiger partial charge < -0.3 is 19.3 Å². The lowest BCUT2D eigenvalue weighted by Crippen LogP contribution is -2.55. The first-order valence-corrected chi connectivity index (χ1v) is 11.5. The van der Waals surface area contributed by atoms with Crippen molar-refractivity contribution in [3.63, 3.8) is 0 Å². The number of carbonyl (C=O) groups is 2. The maximum absolute atomic E-state index is 13.8. The second-order valence-corrected chi connectivity index (χ2v) is 9.03. The summed E-state index contributed by atoms with van der Waals surface area (Å²) in [5, 5.41) is 9.47. The Labute approximate surface area is 199 Å². The van der Waals surface area contributed by atoms with Crippen LogP contribution in [0.5, 0.6) is 0 Å². The van der Waals surface area contributed by atoms with Crippen LogP contribution >= 0.6 is 0 Å². The fourth-order valence-corrected chi connectivity index (χ4v) is 4.84. The lowest BCUT2D eigenvalue weighted by Gasteiger charge is -2.36. The van der Waals surface area contributed by atoms with Crippen LogP contribution in [0.25, 0.3) is 0 Å². The first kappa shape index (κ1) is 23.6. The van der Waals surface area contributed by atoms with Gasteiger partial charge in [0.1, 0.15) is 18.1 Å². The average Bonchev–Trinajstić information content (AvgIpc) is 3.48. The minimum Gasteiger partial charge on any atom is -0.462 e. The fourth-order valence-electron chi connectivity index (χ4n) is 4.84. The van der Waals surface area contributed by atoms with E-state index < -0.39 is 11.9 Å². The predicted octanol–water partition coefficient (Wildman–Crippen LogP) is 3.53. The Morgan fingerprint density at radius 3 is 2.29 bits per heavy atom. The molecule has 8 heteroatoms. The molecule has 0 spiro atoms. The number of nitrogens with one attached hydrogen (secondary N) is 1. The molecule has 4 rings (SSSR count). The maximum atomic E-state index is 13.8. The van der Waals surface area contributed by atoms with Crippen molar-refractivity contribution in [2.75, 3.05) is 13.3 Å². The Kier molecular flexibility index (Phi) is 7.37. The molecule has 3 atom stereocenters. The van der Waals surface area contributed by atoms with E-state index in [-0.39, 0.29) is 30.7 Å². The molecule has 2 heterocycles. The summed E-state index contributed by atoms with van der Waals surface area (Å²) in [6, 6.07) is 18.3. The number of nitrogens with zero attached hydrogens (tertiary/aromatic N) is 2. The van der Waals surface area contributed by atoms with Crippen molar-refractivity contribution < 1.29 is 24.3 Å². The van der Waals surface area contributed by atoms with Crippen molar-refractivity contribution in [1.29, 1.82) is 0 Å². The zero-order valence-corrected chi connectivity index (χ0v) is 19.5. The number of ether oxygens (including phenoxy) is 2. The minimum absolute atomic E-state index is 0.125. The number of benzene rings is 2. The lowest BCUT2D eigenvalue weighted by atomic mass is 9.88. The summed E-state index contributed by atoms with van der Waals surface area (Å²) < 4.78 is 11.2. The molecule has 3 amide bonds. The molecule has 2 aliphatic heterocycles. The predicted molar refractivity (Wildman–Crippen MR) is 125 cm³/mol. The highest BCUT2D eigenvalue weighted by atomic mass is 16.7. The van der Waals surface area contributed by atoms with Crippen LogP contribution in [0, 0.1) is 11.8 Å². The standard InChI is InChI=1S/C26H31N3O5/c1-18(2)24(25(30)27-32)29-22(15-28(26(29)31)14-20-11-7-4-8-12-20)21(23-16-33-17-34-23)13-19-9-5-3-6-10-19/h3-12,16,18,21-22,24,32H,13-15,17H2,1-2H3,(H,27,30). The van der Waals surface area contributed by atoms with Gasteiger partial charge in [-0.05, 0) is 23.5 Å². The largest absolute Gasteiger partial charge is 0.462 e. The SMILES string of the molecule is CC(C)C(C(=O)NO)N1C(=O)N(Cc2ccccc2)CC1C(Cc1ccccc1)C1=COCO1. The van der Waals surface area contributed by atoms with E-state index in [1.807, 2.05) is 74.5 Å². The number of hydrogen-bond acceptors (Lipinski definition) is 5. The van der Waals surface area contributed by atoms with Gasteiger partial charge in [-0.2, -0.15) is 0 Å². The Morgan fingerprint density at radius 2 is 1.74 bits per heavy atom. The molecule has 0 aromatic heterocycles. The average molecular weight is 466 g/mol. The minimum atomic E-state index is -0.843. The number of urea groups is 1. The van der Waals surface area contributed by atoms with Gasteiger partial charge in [-0.15, -0.1) is 0 Å². The Hall–Kier alpha value is -3.52. The van der Waals surface area contributed by atoms with Gasteiger partial charge in [0.25, 0.3) is 5.91 Å². The van der Waals surface area contributed by atoms with Gasteiger partial charge in [-0.25, -0.2) is 10.3 Å². The van der Waals surface area contributed by atoms with Gasteiger partial charge in [0.05, 0.1) is 6.04 Å². The van der Waals surface area contributed by atoms with Crippen molar-refractivity contribution in [1.82, 2.24) is 15.3 Å². The topological polar surface area (TPSA) is 91.3 Å². The third kappa shape index (κ3) is 5.02. The van der Waals surface area contributed by atoms with Crippen LogP contribution in [0.1, 0.15) is 25.0 Å². The lowest BCUT2D eigenvalue weighted by molar-refractivity contribution is -0.136. The van der Waals surface area contributed by atoms with Crippen LogP contribution in [0.3, 0.4) is 0 Å². The quantitative estimate of drug-likeness (QED) is 0.437. The van der Waals surface area contributed by atoms with Gasteiger partial charge in [-0.1, -0.05) is 74.5 Å². The molecule has 0 bridgehead atoms. The first-order chi connectivity index (χ1) is 16.5. The molecule has 2 N–H and O–H groups in total. The third-order valence-electron chi connectivity index (χ3n) is 6.40. The highest BCUT2D eigenvalue weighted by Gasteiger charge is 2.49. The molecule has 2 aliphatic rings. The highest BCUT2D eigenvalue weighted by molar-refractivity contribution is 5.88. The van der Waals surface area contributed by atoms with E-state index in [1.165, 1.54) is 0 Å². The summed E-state index contributed by atoms with van der Waals surface area (Å²) in [6.07, 6.45) is 2.21. The molecular formula is C26H31N3O5. The maximum Gasteiger partial charge on any atom is 0.321 e. The van der Waals surface area contributed by atoms with Gasteiger partial charge in [0, 0.05) is 19.0 Å². The summed E-state index contributed by atoms with van der Waals surface area (Å²) in [7, 11) is 0. The van der Waals surface area contributed by atoms with Crippen LogP contribution in [0.2, 0.25) is 0 Å².